The minimum Gasteiger partial charge on any atom is -0.487 e. The molecule has 0 amide bonds. The first-order chi connectivity index (χ1) is 10.9. The first-order valence-electron chi connectivity index (χ1n) is 7.25. The Labute approximate surface area is 140 Å². The van der Waals surface area contributed by atoms with Gasteiger partial charge in [0.15, 0.2) is 9.84 Å². The lowest BCUT2D eigenvalue weighted by molar-refractivity contribution is 0.225. The van der Waals surface area contributed by atoms with Gasteiger partial charge >= 0.3 is 0 Å². The molecule has 0 aliphatic carbocycles. The lowest BCUT2D eigenvalue weighted by Gasteiger charge is -2.19. The van der Waals surface area contributed by atoms with Crippen LogP contribution >= 0.6 is 11.6 Å². The normalized spacial score (nSPS) is 18.2. The van der Waals surface area contributed by atoms with Crippen LogP contribution < -0.4 is 9.64 Å². The number of anilines is 1. The highest BCUT2D eigenvalue weighted by Crippen LogP contribution is 2.28. The fourth-order valence-electron chi connectivity index (χ4n) is 2.60. The molecule has 1 fully saturated rings. The van der Waals surface area contributed by atoms with Crippen molar-refractivity contribution in [2.45, 2.75) is 17.4 Å². The Morgan fingerprint density at radius 2 is 2.00 bits per heavy atom. The van der Waals surface area contributed by atoms with Gasteiger partial charge in [0.2, 0.25) is 0 Å². The van der Waals surface area contributed by atoms with Crippen LogP contribution in [0.4, 0.5) is 5.69 Å². The third-order valence-electron chi connectivity index (χ3n) is 3.80. The van der Waals surface area contributed by atoms with Crippen molar-refractivity contribution in [3.8, 4) is 5.75 Å². The highest BCUT2D eigenvalue weighted by atomic mass is 35.5. The molecule has 1 saturated heterocycles. The van der Waals surface area contributed by atoms with E-state index >= 15 is 0 Å². The van der Waals surface area contributed by atoms with Gasteiger partial charge in [-0.3, -0.25) is 4.98 Å². The van der Waals surface area contributed by atoms with Crippen molar-refractivity contribution in [3.63, 3.8) is 0 Å². The molecule has 7 heteroatoms. The third kappa shape index (κ3) is 3.76. The Morgan fingerprint density at radius 3 is 2.65 bits per heavy atom. The van der Waals surface area contributed by atoms with Gasteiger partial charge in [0.25, 0.3) is 0 Å². The Morgan fingerprint density at radius 1 is 1.26 bits per heavy atom. The Hall–Kier alpha value is -1.79. The van der Waals surface area contributed by atoms with E-state index in [2.05, 4.69) is 9.88 Å². The maximum atomic E-state index is 11.5. The van der Waals surface area contributed by atoms with Crippen LogP contribution in [0.15, 0.2) is 47.6 Å². The summed E-state index contributed by atoms with van der Waals surface area (Å²) in [5.41, 5.74) is 0.990. The molecule has 5 nitrogen and oxygen atoms in total. The van der Waals surface area contributed by atoms with Crippen LogP contribution in [-0.4, -0.2) is 38.9 Å². The van der Waals surface area contributed by atoms with Crippen LogP contribution in [0.2, 0.25) is 5.02 Å². The molecule has 1 aliphatic heterocycles. The third-order valence-corrected chi connectivity index (χ3v) is 5.22. The molecule has 1 unspecified atom stereocenters. The van der Waals surface area contributed by atoms with E-state index in [1.54, 1.807) is 30.6 Å². The van der Waals surface area contributed by atoms with Crippen molar-refractivity contribution in [3.05, 3.63) is 47.7 Å². The van der Waals surface area contributed by atoms with E-state index < -0.39 is 9.84 Å². The predicted molar refractivity (Wildman–Crippen MR) is 90.0 cm³/mol. The molecule has 0 spiro atoms. The minimum absolute atomic E-state index is 0.0458. The molecule has 122 valence electrons. The van der Waals surface area contributed by atoms with Gasteiger partial charge in [0, 0.05) is 43.4 Å². The van der Waals surface area contributed by atoms with Crippen molar-refractivity contribution in [2.24, 2.45) is 0 Å². The van der Waals surface area contributed by atoms with Crippen LogP contribution in [0.25, 0.3) is 0 Å². The maximum Gasteiger partial charge on any atom is 0.175 e. The van der Waals surface area contributed by atoms with Gasteiger partial charge < -0.3 is 9.64 Å². The van der Waals surface area contributed by atoms with Crippen molar-refractivity contribution in [2.75, 3.05) is 24.2 Å². The fraction of sp³-hybridized carbons (Fsp3) is 0.312. The summed E-state index contributed by atoms with van der Waals surface area (Å²) >= 11 is 6.06. The molecule has 2 aromatic rings. The molecule has 1 aromatic carbocycles. The summed E-state index contributed by atoms with van der Waals surface area (Å²) in [6.07, 6.45) is 5.35. The van der Waals surface area contributed by atoms with E-state index in [-0.39, 0.29) is 6.10 Å². The predicted octanol–water partition coefficient (Wildman–Crippen LogP) is 2.80. The number of hydrogen-bond acceptors (Lipinski definition) is 5. The molecule has 1 aromatic heterocycles. The van der Waals surface area contributed by atoms with E-state index in [1.165, 1.54) is 6.26 Å². The minimum atomic E-state index is -3.16. The standard InChI is InChI=1S/C16H17ClN2O3S/c1-23(20,21)14-4-2-12(3-5-14)19-9-7-13(11-19)22-16-6-8-18-10-15(16)17/h2-6,8,10,13H,7,9,11H2,1H3. The van der Waals surface area contributed by atoms with Crippen LogP contribution in [0.1, 0.15) is 6.42 Å². The number of hydrogen-bond donors (Lipinski definition) is 0. The highest BCUT2D eigenvalue weighted by Gasteiger charge is 2.25. The first-order valence-corrected chi connectivity index (χ1v) is 9.51. The Bertz CT molecular complexity index is 793. The summed E-state index contributed by atoms with van der Waals surface area (Å²) in [7, 11) is -3.16. The van der Waals surface area contributed by atoms with Gasteiger partial charge in [-0.2, -0.15) is 0 Å². The van der Waals surface area contributed by atoms with Gasteiger partial charge in [0.1, 0.15) is 16.9 Å². The maximum absolute atomic E-state index is 11.5. The topological polar surface area (TPSA) is 59.5 Å². The highest BCUT2D eigenvalue weighted by molar-refractivity contribution is 7.90. The molecule has 0 bridgehead atoms. The molecule has 1 aliphatic rings. The van der Waals surface area contributed by atoms with Crippen molar-refractivity contribution < 1.29 is 13.2 Å². The number of aromatic nitrogens is 1. The van der Waals surface area contributed by atoms with Crippen molar-refractivity contribution in [1.82, 2.24) is 4.98 Å². The lowest BCUT2D eigenvalue weighted by atomic mass is 10.3. The second-order valence-electron chi connectivity index (χ2n) is 5.55. The molecule has 23 heavy (non-hydrogen) atoms. The zero-order chi connectivity index (χ0) is 16.4. The summed E-state index contributed by atoms with van der Waals surface area (Å²) in [5, 5.41) is 0.503. The summed E-state index contributed by atoms with van der Waals surface area (Å²) < 4.78 is 28.9. The van der Waals surface area contributed by atoms with E-state index in [9.17, 15) is 8.42 Å². The number of sulfone groups is 1. The molecule has 0 radical (unpaired) electrons. The van der Waals surface area contributed by atoms with Gasteiger partial charge in [0.05, 0.1) is 11.4 Å². The molecular formula is C16H17ClN2O3S. The monoisotopic (exact) mass is 352 g/mol. The zero-order valence-corrected chi connectivity index (χ0v) is 14.2. The van der Waals surface area contributed by atoms with Crippen molar-refractivity contribution >= 4 is 27.1 Å². The van der Waals surface area contributed by atoms with E-state index in [1.807, 2.05) is 12.1 Å². The molecular weight excluding hydrogens is 336 g/mol. The second-order valence-corrected chi connectivity index (χ2v) is 7.97. The van der Waals surface area contributed by atoms with Gasteiger partial charge in [-0.1, -0.05) is 11.6 Å². The van der Waals surface area contributed by atoms with Crippen LogP contribution in [0.3, 0.4) is 0 Å². The average molecular weight is 353 g/mol. The van der Waals surface area contributed by atoms with Crippen LogP contribution in [0, 0.1) is 0 Å². The quantitative estimate of drug-likeness (QED) is 0.846. The smallest absolute Gasteiger partial charge is 0.175 e. The second kappa shape index (κ2) is 6.37. The van der Waals surface area contributed by atoms with Gasteiger partial charge in [-0.05, 0) is 24.3 Å². The number of halogens is 1. The molecule has 0 saturated carbocycles. The Balaban J connectivity index is 1.67. The molecule has 2 heterocycles. The number of nitrogens with zero attached hydrogens (tertiary/aromatic N) is 2. The first kappa shape index (κ1) is 16.1. The van der Waals surface area contributed by atoms with E-state index in [4.69, 9.17) is 16.3 Å². The Kier molecular flexibility index (Phi) is 4.46. The van der Waals surface area contributed by atoms with Crippen LogP contribution in [-0.2, 0) is 9.84 Å². The number of benzene rings is 1. The molecule has 3 rings (SSSR count). The molecule has 1 atom stereocenters. The fourth-order valence-corrected chi connectivity index (χ4v) is 3.39. The summed E-state index contributed by atoms with van der Waals surface area (Å²) in [6.45, 7) is 1.59. The lowest BCUT2D eigenvalue weighted by Crippen LogP contribution is -2.24. The number of ether oxygens (including phenoxy) is 1. The number of rotatable bonds is 4. The van der Waals surface area contributed by atoms with Crippen molar-refractivity contribution in [1.29, 1.82) is 0 Å². The SMILES string of the molecule is CS(=O)(=O)c1ccc(N2CCC(Oc3ccncc3Cl)C2)cc1. The van der Waals surface area contributed by atoms with E-state index in [0.717, 1.165) is 25.2 Å². The summed E-state index contributed by atoms with van der Waals surface area (Å²) in [5.74, 6) is 0.640. The van der Waals surface area contributed by atoms with Gasteiger partial charge in [-0.15, -0.1) is 0 Å². The largest absolute Gasteiger partial charge is 0.487 e. The average Bonchev–Trinajstić information content (AvgIpc) is 2.97. The number of pyridine rings is 1. The zero-order valence-electron chi connectivity index (χ0n) is 12.6. The summed E-state index contributed by atoms with van der Waals surface area (Å²) in [4.78, 5) is 6.44. The van der Waals surface area contributed by atoms with Gasteiger partial charge in [-0.25, -0.2) is 8.42 Å². The van der Waals surface area contributed by atoms with E-state index in [0.29, 0.717) is 15.7 Å². The molecule has 0 N–H and O–H groups in total. The summed E-state index contributed by atoms with van der Waals surface area (Å²) in [6, 6.07) is 8.69. The van der Waals surface area contributed by atoms with Crippen LogP contribution in [0.5, 0.6) is 5.75 Å².